The maximum Gasteiger partial charge on any atom is 0.404 e. The molecule has 34 heavy (non-hydrogen) atoms. The molecule has 3 heterocycles. The number of allylic oxidation sites excluding steroid dienone is 1. The van der Waals surface area contributed by atoms with Crippen molar-refractivity contribution >= 4 is 46.3 Å². The van der Waals surface area contributed by atoms with Crippen LogP contribution in [0.25, 0.3) is 5.57 Å². The van der Waals surface area contributed by atoms with Crippen molar-refractivity contribution < 1.29 is 19.5 Å². The van der Waals surface area contributed by atoms with Crippen molar-refractivity contribution in [1.29, 1.82) is 0 Å². The Morgan fingerprint density at radius 3 is 2.71 bits per heavy atom. The zero-order valence-electron chi connectivity index (χ0n) is 18.0. The Morgan fingerprint density at radius 1 is 1.15 bits per heavy atom. The predicted octanol–water partition coefficient (Wildman–Crippen LogP) is 3.05. The first-order valence-electron chi connectivity index (χ1n) is 11.1. The van der Waals surface area contributed by atoms with Gasteiger partial charge in [-0.15, -0.1) is 0 Å². The molecule has 1 saturated heterocycles. The highest BCUT2D eigenvalue weighted by molar-refractivity contribution is 6.40. The number of fused-ring (bicyclic) bond motifs is 3. The van der Waals surface area contributed by atoms with E-state index in [2.05, 4.69) is 26.0 Å². The first-order valence-corrected chi connectivity index (χ1v) is 11.5. The SMILES string of the molecule is O=C(O)N[C@@H]1[C@@H]2CN(CCO/N=C3/C(=C4/C(=O)Nc5ccc(Cl)cc54)Nc4ccccc43)C[C@@H]21. The van der Waals surface area contributed by atoms with Crippen molar-refractivity contribution in [2.24, 2.45) is 17.0 Å². The third-order valence-electron chi connectivity index (χ3n) is 6.87. The maximum atomic E-state index is 12.9. The zero-order chi connectivity index (χ0) is 23.4. The first-order chi connectivity index (χ1) is 16.5. The van der Waals surface area contributed by atoms with Gasteiger partial charge in [0.25, 0.3) is 5.91 Å². The van der Waals surface area contributed by atoms with Gasteiger partial charge in [-0.05, 0) is 36.1 Å². The van der Waals surface area contributed by atoms with Crippen LogP contribution in [0.15, 0.2) is 53.3 Å². The van der Waals surface area contributed by atoms with Gasteiger partial charge in [-0.1, -0.05) is 35.0 Å². The maximum absolute atomic E-state index is 12.9. The Bertz CT molecular complexity index is 1260. The number of amides is 2. The summed E-state index contributed by atoms with van der Waals surface area (Å²) in [5.74, 6) is 0.552. The number of likely N-dealkylation sites (tertiary alicyclic amines) is 1. The number of anilines is 2. The van der Waals surface area contributed by atoms with E-state index in [0.29, 0.717) is 52.7 Å². The molecule has 0 aromatic heterocycles. The lowest BCUT2D eigenvalue weighted by atomic mass is 10.0. The molecule has 10 heteroatoms. The van der Waals surface area contributed by atoms with E-state index in [1.165, 1.54) is 0 Å². The van der Waals surface area contributed by atoms with Gasteiger partial charge in [-0.2, -0.15) is 0 Å². The van der Waals surface area contributed by atoms with E-state index >= 15 is 0 Å². The van der Waals surface area contributed by atoms with Gasteiger partial charge in [-0.3, -0.25) is 9.69 Å². The van der Waals surface area contributed by atoms with E-state index in [1.807, 2.05) is 24.3 Å². The number of hydrogen-bond acceptors (Lipinski definition) is 6. The molecular weight excluding hydrogens is 458 g/mol. The molecule has 1 saturated carbocycles. The third-order valence-corrected chi connectivity index (χ3v) is 7.10. The summed E-state index contributed by atoms with van der Waals surface area (Å²) in [6.07, 6.45) is -0.957. The van der Waals surface area contributed by atoms with Gasteiger partial charge in [0.05, 0.1) is 11.3 Å². The van der Waals surface area contributed by atoms with Crippen LogP contribution in [0.5, 0.6) is 0 Å². The average molecular weight is 480 g/mol. The van der Waals surface area contributed by atoms with Crippen LogP contribution < -0.4 is 16.0 Å². The number of oxime groups is 1. The Morgan fingerprint density at radius 2 is 1.91 bits per heavy atom. The van der Waals surface area contributed by atoms with Crippen LogP contribution in [0.1, 0.15) is 11.1 Å². The molecule has 3 aliphatic heterocycles. The molecule has 2 aromatic carbocycles. The zero-order valence-corrected chi connectivity index (χ0v) is 18.8. The van der Waals surface area contributed by atoms with Crippen molar-refractivity contribution in [3.63, 3.8) is 0 Å². The van der Waals surface area contributed by atoms with Crippen molar-refractivity contribution in [1.82, 2.24) is 10.2 Å². The van der Waals surface area contributed by atoms with E-state index in [9.17, 15) is 9.59 Å². The topological polar surface area (TPSA) is 115 Å². The van der Waals surface area contributed by atoms with Crippen LogP contribution in [0.2, 0.25) is 5.02 Å². The summed E-state index contributed by atoms with van der Waals surface area (Å²) < 4.78 is 0. The fraction of sp³-hybridized carbons (Fsp3) is 0.292. The van der Waals surface area contributed by atoms with Gasteiger partial charge in [-0.25, -0.2) is 4.79 Å². The van der Waals surface area contributed by atoms with Gasteiger partial charge < -0.3 is 25.9 Å². The largest absolute Gasteiger partial charge is 0.465 e. The number of nitrogens with one attached hydrogen (secondary N) is 3. The number of nitrogens with zero attached hydrogens (tertiary/aromatic N) is 2. The number of rotatable bonds is 5. The molecule has 0 bridgehead atoms. The summed E-state index contributed by atoms with van der Waals surface area (Å²) in [5.41, 5.74) is 4.78. The molecule has 4 N–H and O–H groups in total. The molecule has 9 nitrogen and oxygen atoms in total. The van der Waals surface area contributed by atoms with E-state index in [1.54, 1.807) is 18.2 Å². The van der Waals surface area contributed by atoms with Crippen LogP contribution in [-0.4, -0.2) is 60.0 Å². The minimum atomic E-state index is -0.957. The number of piperidine rings is 1. The number of benzene rings is 2. The van der Waals surface area contributed by atoms with E-state index in [0.717, 1.165) is 29.9 Å². The molecule has 2 amide bonds. The number of hydrogen-bond donors (Lipinski definition) is 4. The molecule has 2 fully saturated rings. The molecule has 6 rings (SSSR count). The second-order valence-electron chi connectivity index (χ2n) is 8.90. The highest BCUT2D eigenvalue weighted by Gasteiger charge is 2.56. The highest BCUT2D eigenvalue weighted by atomic mass is 35.5. The van der Waals surface area contributed by atoms with Gasteiger partial charge in [0.2, 0.25) is 0 Å². The number of halogens is 1. The van der Waals surface area contributed by atoms with Crippen LogP contribution >= 0.6 is 11.6 Å². The Balaban J connectivity index is 1.19. The first kappa shape index (κ1) is 21.0. The molecule has 0 radical (unpaired) electrons. The van der Waals surface area contributed by atoms with Crippen molar-refractivity contribution in [2.45, 2.75) is 6.04 Å². The van der Waals surface area contributed by atoms with Crippen molar-refractivity contribution in [3.05, 3.63) is 64.3 Å². The molecule has 1 aliphatic carbocycles. The van der Waals surface area contributed by atoms with E-state index < -0.39 is 6.09 Å². The van der Waals surface area contributed by atoms with E-state index in [-0.39, 0.29) is 11.9 Å². The minimum absolute atomic E-state index is 0.0825. The Hall–Kier alpha value is -3.56. The molecule has 4 aliphatic rings. The van der Waals surface area contributed by atoms with Crippen LogP contribution in [0.3, 0.4) is 0 Å². The molecule has 174 valence electrons. The van der Waals surface area contributed by atoms with Gasteiger partial charge >= 0.3 is 6.09 Å². The highest BCUT2D eigenvalue weighted by Crippen LogP contribution is 2.45. The standard InChI is InChI=1S/C24H22ClN5O4/c25-12-5-6-18-14(9-12)19(23(31)27-18)22-21(13-3-1-2-4-17(13)26-22)29-34-8-7-30-10-15-16(11-30)20(15)28-24(32)33/h1-6,9,15-16,20,26,28H,7-8,10-11H2,(H,27,31)(H,32,33)/b22-19-,29-21+/t15-,16+,20-. The lowest BCUT2D eigenvalue weighted by Gasteiger charge is -2.18. The second-order valence-corrected chi connectivity index (χ2v) is 9.34. The van der Waals surface area contributed by atoms with Crippen molar-refractivity contribution in [3.8, 4) is 0 Å². The summed E-state index contributed by atoms with van der Waals surface area (Å²) in [6.45, 7) is 2.79. The summed E-state index contributed by atoms with van der Waals surface area (Å²) in [4.78, 5) is 31.7. The van der Waals surface area contributed by atoms with Gasteiger partial charge in [0.15, 0.2) is 0 Å². The molecule has 0 unspecified atom stereocenters. The smallest absolute Gasteiger partial charge is 0.404 e. The lowest BCUT2D eigenvalue weighted by Crippen LogP contribution is -2.35. The third kappa shape index (κ3) is 3.57. The summed E-state index contributed by atoms with van der Waals surface area (Å²) in [5, 5.41) is 22.7. The van der Waals surface area contributed by atoms with Gasteiger partial charge in [0.1, 0.15) is 12.3 Å². The fourth-order valence-corrected chi connectivity index (χ4v) is 5.40. The van der Waals surface area contributed by atoms with E-state index in [4.69, 9.17) is 21.5 Å². The molecule has 2 aromatic rings. The van der Waals surface area contributed by atoms with Gasteiger partial charge in [0, 0.05) is 53.2 Å². The van der Waals surface area contributed by atoms with Crippen molar-refractivity contribution in [2.75, 3.05) is 36.9 Å². The number of carbonyl (C=O) groups excluding carboxylic acids is 1. The average Bonchev–Trinajstić information content (AvgIpc) is 3.16. The lowest BCUT2D eigenvalue weighted by molar-refractivity contribution is -0.110. The molecule has 0 spiro atoms. The molecular formula is C24H22ClN5O4. The molecule has 3 atom stereocenters. The second kappa shape index (κ2) is 8.03. The summed E-state index contributed by atoms with van der Waals surface area (Å²) in [7, 11) is 0. The van der Waals surface area contributed by atoms with Crippen LogP contribution in [-0.2, 0) is 9.63 Å². The Kier molecular flexibility index (Phi) is 4.96. The quantitative estimate of drug-likeness (QED) is 0.298. The van der Waals surface area contributed by atoms with Crippen LogP contribution in [0.4, 0.5) is 16.2 Å². The fourth-order valence-electron chi connectivity index (χ4n) is 5.22. The summed E-state index contributed by atoms with van der Waals surface area (Å²) >= 11 is 6.21. The minimum Gasteiger partial charge on any atom is -0.465 e. The number of carboxylic acid groups (broad SMARTS) is 1. The normalized spacial score (nSPS) is 27.6. The number of para-hydroxylation sites is 1. The monoisotopic (exact) mass is 479 g/mol. The Labute approximate surface area is 200 Å². The predicted molar refractivity (Wildman–Crippen MR) is 128 cm³/mol. The van der Waals surface area contributed by atoms with Crippen LogP contribution in [0, 0.1) is 11.8 Å². The summed E-state index contributed by atoms with van der Waals surface area (Å²) in [6, 6.07) is 13.1. The number of carbonyl (C=O) groups is 2.